The zero-order valence-electron chi connectivity index (χ0n) is 10.4. The van der Waals surface area contributed by atoms with Gasteiger partial charge in [0, 0.05) is 17.1 Å². The van der Waals surface area contributed by atoms with E-state index in [0.29, 0.717) is 0 Å². The Morgan fingerprint density at radius 3 is 3.00 bits per heavy atom. The first-order chi connectivity index (χ1) is 9.33. The monoisotopic (exact) mass is 271 g/mol. The van der Waals surface area contributed by atoms with Gasteiger partial charge in [-0.25, -0.2) is 4.68 Å². The van der Waals surface area contributed by atoms with E-state index in [4.69, 9.17) is 0 Å². The molecule has 0 aliphatic heterocycles. The molecule has 0 bridgehead atoms. The summed E-state index contributed by atoms with van der Waals surface area (Å²) in [5.74, 6) is 0. The molecule has 96 valence electrons. The summed E-state index contributed by atoms with van der Waals surface area (Å²) in [6.45, 7) is 2.87. The normalized spacial score (nSPS) is 10.6. The number of benzene rings is 1. The summed E-state index contributed by atoms with van der Waals surface area (Å²) in [6.07, 6.45) is 1.60. The minimum atomic E-state index is 0.829. The summed E-state index contributed by atoms with van der Waals surface area (Å²) in [6, 6.07) is 10.4. The fourth-order valence-corrected chi connectivity index (χ4v) is 2.48. The molecule has 0 amide bonds. The van der Waals surface area contributed by atoms with Crippen LogP contribution in [0.25, 0.3) is 5.69 Å². The van der Waals surface area contributed by atoms with Crippen molar-refractivity contribution in [2.45, 2.75) is 13.5 Å². The van der Waals surface area contributed by atoms with Crippen LogP contribution in [0, 0.1) is 6.92 Å². The van der Waals surface area contributed by atoms with E-state index in [-0.39, 0.29) is 0 Å². The van der Waals surface area contributed by atoms with Gasteiger partial charge in [0.1, 0.15) is 6.33 Å². The average molecular weight is 271 g/mol. The molecular weight excluding hydrogens is 258 g/mol. The van der Waals surface area contributed by atoms with E-state index in [1.165, 1.54) is 4.88 Å². The Balaban J connectivity index is 1.81. The highest BCUT2D eigenvalue weighted by atomic mass is 32.1. The van der Waals surface area contributed by atoms with E-state index in [1.807, 2.05) is 6.92 Å². The summed E-state index contributed by atoms with van der Waals surface area (Å²) in [7, 11) is 0. The van der Waals surface area contributed by atoms with Crippen molar-refractivity contribution < 1.29 is 0 Å². The van der Waals surface area contributed by atoms with E-state index in [0.717, 1.165) is 23.5 Å². The molecule has 5 nitrogen and oxygen atoms in total. The van der Waals surface area contributed by atoms with E-state index in [1.54, 1.807) is 22.3 Å². The molecule has 0 aliphatic carbocycles. The number of tetrazole rings is 1. The topological polar surface area (TPSA) is 55.6 Å². The third-order valence-corrected chi connectivity index (χ3v) is 3.73. The Bertz CT molecular complexity index is 646. The maximum atomic E-state index is 3.93. The third kappa shape index (κ3) is 2.63. The molecule has 19 heavy (non-hydrogen) atoms. The van der Waals surface area contributed by atoms with Crippen LogP contribution in [0.1, 0.15) is 10.4 Å². The Labute approximate surface area is 114 Å². The number of anilines is 1. The minimum absolute atomic E-state index is 0.829. The van der Waals surface area contributed by atoms with Crippen molar-refractivity contribution in [2.75, 3.05) is 5.32 Å². The number of hydrogen-bond acceptors (Lipinski definition) is 5. The molecule has 1 aromatic carbocycles. The van der Waals surface area contributed by atoms with Gasteiger partial charge in [-0.15, -0.1) is 16.4 Å². The average Bonchev–Trinajstić information content (AvgIpc) is 3.11. The van der Waals surface area contributed by atoms with Gasteiger partial charge in [0.05, 0.1) is 5.69 Å². The zero-order valence-corrected chi connectivity index (χ0v) is 11.3. The lowest BCUT2D eigenvalue weighted by molar-refractivity contribution is 0.785. The first-order valence-electron chi connectivity index (χ1n) is 5.93. The van der Waals surface area contributed by atoms with Gasteiger partial charge in [-0.1, -0.05) is 12.1 Å². The smallest absolute Gasteiger partial charge is 0.143 e. The molecule has 6 heteroatoms. The summed E-state index contributed by atoms with van der Waals surface area (Å²) in [5.41, 5.74) is 3.18. The number of nitrogens with one attached hydrogen (secondary N) is 1. The van der Waals surface area contributed by atoms with Gasteiger partial charge < -0.3 is 5.32 Å². The molecule has 3 rings (SSSR count). The van der Waals surface area contributed by atoms with Crippen molar-refractivity contribution >= 4 is 17.0 Å². The molecule has 3 aromatic rings. The van der Waals surface area contributed by atoms with Crippen molar-refractivity contribution in [3.05, 3.63) is 52.5 Å². The lowest BCUT2D eigenvalue weighted by atomic mass is 10.2. The highest BCUT2D eigenvalue weighted by Crippen LogP contribution is 2.19. The summed E-state index contributed by atoms with van der Waals surface area (Å²) < 4.78 is 1.67. The van der Waals surface area contributed by atoms with E-state index in [9.17, 15) is 0 Å². The van der Waals surface area contributed by atoms with Crippen LogP contribution in [0.4, 0.5) is 5.69 Å². The van der Waals surface area contributed by atoms with Crippen LogP contribution < -0.4 is 5.32 Å². The van der Waals surface area contributed by atoms with Crippen molar-refractivity contribution in [1.82, 2.24) is 20.2 Å². The maximum Gasteiger partial charge on any atom is 0.143 e. The number of hydrogen-bond donors (Lipinski definition) is 1. The van der Waals surface area contributed by atoms with Gasteiger partial charge in [0.2, 0.25) is 0 Å². The minimum Gasteiger partial charge on any atom is -0.380 e. The molecule has 1 N–H and O–H groups in total. The number of nitrogens with zero attached hydrogens (tertiary/aromatic N) is 4. The summed E-state index contributed by atoms with van der Waals surface area (Å²) in [5, 5.41) is 16.8. The second-order valence-electron chi connectivity index (χ2n) is 4.19. The van der Waals surface area contributed by atoms with Crippen LogP contribution in [-0.4, -0.2) is 20.2 Å². The molecule has 2 heterocycles. The number of aryl methyl sites for hydroxylation is 1. The predicted molar refractivity (Wildman–Crippen MR) is 75.5 cm³/mol. The largest absolute Gasteiger partial charge is 0.380 e. The molecule has 0 radical (unpaired) electrons. The zero-order chi connectivity index (χ0) is 13.1. The highest BCUT2D eigenvalue weighted by Gasteiger charge is 2.04. The summed E-state index contributed by atoms with van der Waals surface area (Å²) in [4.78, 5) is 1.31. The molecular formula is C13H13N5S. The lowest BCUT2D eigenvalue weighted by Crippen LogP contribution is -2.02. The number of rotatable bonds is 4. The van der Waals surface area contributed by atoms with Crippen molar-refractivity contribution in [3.8, 4) is 5.69 Å². The van der Waals surface area contributed by atoms with Crippen LogP contribution >= 0.6 is 11.3 Å². The standard InChI is InChI=1S/C13H13N5S/c1-10-4-5-11(14-8-12-3-2-6-19-12)7-13(10)18-9-15-16-17-18/h2-7,9,14H,8H2,1H3. The van der Waals surface area contributed by atoms with Crippen LogP contribution in [0.5, 0.6) is 0 Å². The molecule has 0 aliphatic rings. The summed E-state index contributed by atoms with van der Waals surface area (Å²) >= 11 is 1.75. The molecule has 0 atom stereocenters. The highest BCUT2D eigenvalue weighted by molar-refractivity contribution is 7.09. The van der Waals surface area contributed by atoms with E-state index in [2.05, 4.69) is 56.6 Å². The van der Waals surface area contributed by atoms with Gasteiger partial charge in [0.15, 0.2) is 0 Å². The Morgan fingerprint density at radius 2 is 2.26 bits per heavy atom. The van der Waals surface area contributed by atoms with Crippen LogP contribution in [-0.2, 0) is 6.54 Å². The molecule has 0 spiro atoms. The number of aromatic nitrogens is 4. The first kappa shape index (κ1) is 11.9. The second kappa shape index (κ2) is 5.19. The Morgan fingerprint density at radius 1 is 1.32 bits per heavy atom. The van der Waals surface area contributed by atoms with Crippen LogP contribution in [0.15, 0.2) is 42.0 Å². The number of thiophene rings is 1. The van der Waals surface area contributed by atoms with Gasteiger partial charge in [-0.3, -0.25) is 0 Å². The molecule has 2 aromatic heterocycles. The first-order valence-corrected chi connectivity index (χ1v) is 6.81. The van der Waals surface area contributed by atoms with E-state index < -0.39 is 0 Å². The lowest BCUT2D eigenvalue weighted by Gasteiger charge is -2.09. The molecule has 0 unspecified atom stereocenters. The van der Waals surface area contributed by atoms with Crippen molar-refractivity contribution in [3.63, 3.8) is 0 Å². The maximum absolute atomic E-state index is 3.93. The Hall–Kier alpha value is -2.21. The second-order valence-corrected chi connectivity index (χ2v) is 5.22. The van der Waals surface area contributed by atoms with E-state index >= 15 is 0 Å². The van der Waals surface area contributed by atoms with Gasteiger partial charge in [-0.05, 0) is 46.5 Å². The molecule has 0 saturated carbocycles. The SMILES string of the molecule is Cc1ccc(NCc2cccs2)cc1-n1cnnn1. The molecule has 0 fully saturated rings. The van der Waals surface area contributed by atoms with Gasteiger partial charge in [-0.2, -0.15) is 0 Å². The van der Waals surface area contributed by atoms with Crippen LogP contribution in [0.2, 0.25) is 0 Å². The fourth-order valence-electron chi connectivity index (χ4n) is 1.84. The fraction of sp³-hybridized carbons (Fsp3) is 0.154. The van der Waals surface area contributed by atoms with Crippen LogP contribution in [0.3, 0.4) is 0 Å². The third-order valence-electron chi connectivity index (χ3n) is 2.85. The van der Waals surface area contributed by atoms with Crippen molar-refractivity contribution in [1.29, 1.82) is 0 Å². The van der Waals surface area contributed by atoms with Gasteiger partial charge >= 0.3 is 0 Å². The Kier molecular flexibility index (Phi) is 3.24. The van der Waals surface area contributed by atoms with Gasteiger partial charge in [0.25, 0.3) is 0 Å². The predicted octanol–water partition coefficient (Wildman–Crippen LogP) is 2.64. The quantitative estimate of drug-likeness (QED) is 0.792. The molecule has 0 saturated heterocycles. The van der Waals surface area contributed by atoms with Crippen molar-refractivity contribution in [2.24, 2.45) is 0 Å².